The van der Waals surface area contributed by atoms with Crippen molar-refractivity contribution in [2.45, 2.75) is 51.0 Å². The molecule has 1 spiro atoms. The van der Waals surface area contributed by atoms with Crippen LogP contribution in [0, 0.1) is 11.3 Å². The quantitative estimate of drug-likeness (QED) is 0.818. The first-order chi connectivity index (χ1) is 12.2. The fourth-order valence-electron chi connectivity index (χ4n) is 4.63. The molecule has 1 aliphatic carbocycles. The molecule has 1 atom stereocenters. The van der Waals surface area contributed by atoms with Gasteiger partial charge in [-0.15, -0.1) is 0 Å². The van der Waals surface area contributed by atoms with Gasteiger partial charge in [-0.2, -0.15) is 0 Å². The van der Waals surface area contributed by atoms with Crippen LogP contribution >= 0.6 is 0 Å². The minimum absolute atomic E-state index is 0.00946. The van der Waals surface area contributed by atoms with Gasteiger partial charge in [0.15, 0.2) is 5.76 Å². The van der Waals surface area contributed by atoms with Gasteiger partial charge in [0.1, 0.15) is 0 Å². The molecule has 4 rings (SSSR count). The first-order valence-electron chi connectivity index (χ1n) is 9.76. The lowest BCUT2D eigenvalue weighted by Gasteiger charge is -2.38. The minimum atomic E-state index is 0.00946. The second-order valence-corrected chi connectivity index (χ2v) is 8.09. The van der Waals surface area contributed by atoms with Gasteiger partial charge in [0.2, 0.25) is 0 Å². The third-order valence-electron chi connectivity index (χ3n) is 6.26. The highest BCUT2D eigenvalue weighted by Gasteiger charge is 2.43. The van der Waals surface area contributed by atoms with Crippen LogP contribution in [-0.4, -0.2) is 49.8 Å². The molecular formula is C20H29NO4. The van der Waals surface area contributed by atoms with Gasteiger partial charge in [-0.3, -0.25) is 4.79 Å². The molecule has 2 saturated heterocycles. The first-order valence-corrected chi connectivity index (χ1v) is 9.76. The molecule has 5 heteroatoms. The Kier molecular flexibility index (Phi) is 5.13. The first kappa shape index (κ1) is 17.1. The fourth-order valence-corrected chi connectivity index (χ4v) is 4.63. The zero-order valence-electron chi connectivity index (χ0n) is 15.0. The van der Waals surface area contributed by atoms with Gasteiger partial charge in [-0.25, -0.2) is 0 Å². The monoisotopic (exact) mass is 347 g/mol. The number of amides is 1. The lowest BCUT2D eigenvalue weighted by Crippen LogP contribution is -2.43. The molecule has 1 saturated carbocycles. The van der Waals surface area contributed by atoms with E-state index in [1.54, 1.807) is 18.4 Å². The Bertz CT molecular complexity index is 556. The molecule has 3 heterocycles. The number of furan rings is 1. The maximum Gasteiger partial charge on any atom is 0.289 e. The van der Waals surface area contributed by atoms with Crippen LogP contribution in [0.4, 0.5) is 0 Å². The van der Waals surface area contributed by atoms with E-state index in [0.29, 0.717) is 5.76 Å². The van der Waals surface area contributed by atoms with Crippen molar-refractivity contribution in [1.82, 2.24) is 4.90 Å². The number of rotatable bonds is 5. The van der Waals surface area contributed by atoms with E-state index in [4.69, 9.17) is 13.9 Å². The molecule has 0 unspecified atom stereocenters. The summed E-state index contributed by atoms with van der Waals surface area (Å²) >= 11 is 0. The Morgan fingerprint density at radius 2 is 2.04 bits per heavy atom. The average molecular weight is 347 g/mol. The Morgan fingerprint density at radius 3 is 2.76 bits per heavy atom. The predicted octanol–water partition coefficient (Wildman–Crippen LogP) is 3.50. The number of carbonyl (C=O) groups is 1. The van der Waals surface area contributed by atoms with Crippen LogP contribution in [0.3, 0.4) is 0 Å². The summed E-state index contributed by atoms with van der Waals surface area (Å²) in [5.41, 5.74) is 0.237. The van der Waals surface area contributed by atoms with Crippen molar-refractivity contribution in [2.75, 3.05) is 32.9 Å². The molecular weight excluding hydrogens is 318 g/mol. The van der Waals surface area contributed by atoms with Crippen molar-refractivity contribution < 1.29 is 18.7 Å². The number of carbonyl (C=O) groups excluding carboxylic acids is 1. The molecule has 0 aromatic carbocycles. The van der Waals surface area contributed by atoms with Crippen LogP contribution in [-0.2, 0) is 9.47 Å². The number of piperidine rings is 1. The maximum absolute atomic E-state index is 12.4. The lowest BCUT2D eigenvalue weighted by atomic mass is 9.76. The number of likely N-dealkylation sites (tertiary alicyclic amines) is 1. The van der Waals surface area contributed by atoms with Gasteiger partial charge in [0.25, 0.3) is 5.91 Å². The van der Waals surface area contributed by atoms with E-state index in [2.05, 4.69) is 0 Å². The largest absolute Gasteiger partial charge is 0.459 e. The predicted molar refractivity (Wildman–Crippen MR) is 93.4 cm³/mol. The third kappa shape index (κ3) is 3.93. The summed E-state index contributed by atoms with van der Waals surface area (Å²) in [5, 5.41) is 0. The van der Waals surface area contributed by atoms with E-state index in [0.717, 1.165) is 58.1 Å². The summed E-state index contributed by atoms with van der Waals surface area (Å²) in [5.74, 6) is 1.22. The zero-order valence-corrected chi connectivity index (χ0v) is 15.0. The molecule has 1 aromatic rings. The normalized spacial score (nSPS) is 26.6. The van der Waals surface area contributed by atoms with Crippen LogP contribution < -0.4 is 0 Å². The highest BCUT2D eigenvalue weighted by molar-refractivity contribution is 5.91. The Labute approximate surface area is 149 Å². The standard InChI is InChI=1S/C20H29NO4/c22-19(18-6-3-11-24-18)21-9-7-20(8-10-21)12-17(25-15-20)14-23-13-16-4-1-2-5-16/h3,6,11,16-17H,1-2,4-5,7-10,12-15H2/t17-/m1/s1. The number of hydrogen-bond donors (Lipinski definition) is 0. The van der Waals surface area contributed by atoms with Crippen molar-refractivity contribution in [2.24, 2.45) is 11.3 Å². The fraction of sp³-hybridized carbons (Fsp3) is 0.750. The molecule has 1 aromatic heterocycles. The molecule has 0 radical (unpaired) electrons. The second kappa shape index (κ2) is 7.50. The molecule has 3 aliphatic rings. The van der Waals surface area contributed by atoms with Crippen LogP contribution in [0.15, 0.2) is 22.8 Å². The van der Waals surface area contributed by atoms with Gasteiger partial charge < -0.3 is 18.8 Å². The molecule has 0 bridgehead atoms. The third-order valence-corrected chi connectivity index (χ3v) is 6.26. The van der Waals surface area contributed by atoms with E-state index in [1.165, 1.54) is 25.7 Å². The van der Waals surface area contributed by atoms with E-state index in [-0.39, 0.29) is 17.4 Å². The zero-order chi connectivity index (χ0) is 17.1. The van der Waals surface area contributed by atoms with E-state index < -0.39 is 0 Å². The van der Waals surface area contributed by atoms with Gasteiger partial charge in [-0.1, -0.05) is 12.8 Å². The lowest BCUT2D eigenvalue weighted by molar-refractivity contribution is 0.00256. The molecule has 3 fully saturated rings. The highest BCUT2D eigenvalue weighted by atomic mass is 16.5. The summed E-state index contributed by atoms with van der Waals surface area (Å²) < 4.78 is 17.2. The van der Waals surface area contributed by atoms with Crippen LogP contribution in [0.1, 0.15) is 55.5 Å². The molecule has 1 amide bonds. The maximum atomic E-state index is 12.4. The number of hydrogen-bond acceptors (Lipinski definition) is 4. The molecule has 0 N–H and O–H groups in total. The van der Waals surface area contributed by atoms with Crippen molar-refractivity contribution in [3.8, 4) is 0 Å². The highest BCUT2D eigenvalue weighted by Crippen LogP contribution is 2.42. The smallest absolute Gasteiger partial charge is 0.289 e. The van der Waals surface area contributed by atoms with Gasteiger partial charge in [-0.05, 0) is 55.6 Å². The SMILES string of the molecule is O=C(c1ccco1)N1CCC2(CC1)CO[C@@H](COCC1CCCC1)C2. The molecule has 5 nitrogen and oxygen atoms in total. The Balaban J connectivity index is 1.21. The van der Waals surface area contributed by atoms with Crippen LogP contribution in [0.25, 0.3) is 0 Å². The van der Waals surface area contributed by atoms with Crippen molar-refractivity contribution in [3.05, 3.63) is 24.2 Å². The summed E-state index contributed by atoms with van der Waals surface area (Å²) in [6.07, 6.45) is 10.3. The van der Waals surface area contributed by atoms with E-state index >= 15 is 0 Å². The summed E-state index contributed by atoms with van der Waals surface area (Å²) in [4.78, 5) is 14.3. The Hall–Kier alpha value is -1.33. The van der Waals surface area contributed by atoms with E-state index in [9.17, 15) is 4.79 Å². The average Bonchev–Trinajstić information content (AvgIpc) is 3.38. The summed E-state index contributed by atoms with van der Waals surface area (Å²) in [6, 6.07) is 3.50. The number of ether oxygens (including phenoxy) is 2. The minimum Gasteiger partial charge on any atom is -0.459 e. The van der Waals surface area contributed by atoms with Crippen LogP contribution in [0.5, 0.6) is 0 Å². The van der Waals surface area contributed by atoms with Gasteiger partial charge >= 0.3 is 0 Å². The molecule has 138 valence electrons. The van der Waals surface area contributed by atoms with Crippen LogP contribution in [0.2, 0.25) is 0 Å². The van der Waals surface area contributed by atoms with Gasteiger partial charge in [0.05, 0.1) is 25.6 Å². The number of nitrogens with zero attached hydrogens (tertiary/aromatic N) is 1. The molecule has 25 heavy (non-hydrogen) atoms. The van der Waals surface area contributed by atoms with Gasteiger partial charge in [0, 0.05) is 19.7 Å². The summed E-state index contributed by atoms with van der Waals surface area (Å²) in [7, 11) is 0. The van der Waals surface area contributed by atoms with Crippen molar-refractivity contribution in [1.29, 1.82) is 0 Å². The summed E-state index contributed by atoms with van der Waals surface area (Å²) in [6.45, 7) is 4.02. The van der Waals surface area contributed by atoms with Crippen molar-refractivity contribution in [3.63, 3.8) is 0 Å². The second-order valence-electron chi connectivity index (χ2n) is 8.09. The van der Waals surface area contributed by atoms with E-state index in [1.807, 2.05) is 4.90 Å². The van der Waals surface area contributed by atoms with Crippen molar-refractivity contribution >= 4 is 5.91 Å². The topological polar surface area (TPSA) is 51.9 Å². The molecule has 2 aliphatic heterocycles. The Morgan fingerprint density at radius 1 is 1.24 bits per heavy atom.